The molecule has 1 atom stereocenters. The second kappa shape index (κ2) is 6.72. The van der Waals surface area contributed by atoms with Gasteiger partial charge in [-0.1, -0.05) is 0 Å². The summed E-state index contributed by atoms with van der Waals surface area (Å²) in [5, 5.41) is 14.0. The van der Waals surface area contributed by atoms with Crippen LogP contribution in [0.4, 0.5) is 0 Å². The molecule has 0 aromatic carbocycles. The predicted molar refractivity (Wildman–Crippen MR) is 89.3 cm³/mol. The third-order valence-electron chi connectivity index (χ3n) is 4.26. The molecular weight excluding hydrogens is 328 g/mol. The Morgan fingerprint density at radius 3 is 2.88 bits per heavy atom. The van der Waals surface area contributed by atoms with Crippen molar-refractivity contribution in [3.63, 3.8) is 0 Å². The van der Waals surface area contributed by atoms with Crippen LogP contribution >= 0.6 is 11.3 Å². The van der Waals surface area contributed by atoms with E-state index < -0.39 is 5.97 Å². The number of thiazole rings is 1. The lowest BCUT2D eigenvalue weighted by atomic mass is 9.94. The number of hydrogen-bond acceptors (Lipinski definition) is 5. The van der Waals surface area contributed by atoms with Crippen LogP contribution in [-0.4, -0.2) is 49.7 Å². The van der Waals surface area contributed by atoms with E-state index in [0.717, 1.165) is 35.8 Å². The molecule has 1 amide bonds. The second-order valence-corrected chi connectivity index (χ2v) is 7.25. The van der Waals surface area contributed by atoms with Gasteiger partial charge in [0.25, 0.3) is 5.91 Å². The van der Waals surface area contributed by atoms with Gasteiger partial charge in [-0.25, -0.2) is 4.98 Å². The van der Waals surface area contributed by atoms with Gasteiger partial charge in [-0.15, -0.1) is 11.3 Å². The van der Waals surface area contributed by atoms with Crippen LogP contribution in [0.15, 0.2) is 12.3 Å². The van der Waals surface area contributed by atoms with Gasteiger partial charge in [0, 0.05) is 30.9 Å². The number of carboxylic acid groups (broad SMARTS) is 1. The molecule has 24 heavy (non-hydrogen) atoms. The number of aromatic nitrogens is 3. The number of carbonyl (C=O) groups is 2. The molecule has 0 aliphatic carbocycles. The average Bonchev–Trinajstić information content (AvgIpc) is 3.12. The topological polar surface area (TPSA) is 88.3 Å². The smallest absolute Gasteiger partial charge is 0.325 e. The highest BCUT2D eigenvalue weighted by atomic mass is 32.1. The summed E-state index contributed by atoms with van der Waals surface area (Å²) >= 11 is 1.43. The summed E-state index contributed by atoms with van der Waals surface area (Å²) in [6, 6.07) is 1.85. The van der Waals surface area contributed by atoms with E-state index in [2.05, 4.69) is 10.1 Å². The first-order valence-electron chi connectivity index (χ1n) is 7.92. The summed E-state index contributed by atoms with van der Waals surface area (Å²) in [4.78, 5) is 30.6. The minimum atomic E-state index is -0.917. The first-order valence-corrected chi connectivity index (χ1v) is 8.74. The quantitative estimate of drug-likeness (QED) is 0.914. The molecule has 1 aliphatic rings. The van der Waals surface area contributed by atoms with Crippen LogP contribution in [0.3, 0.4) is 0 Å². The molecular formula is C16H20N4O3S. The Balaban J connectivity index is 1.77. The lowest BCUT2D eigenvalue weighted by molar-refractivity contribution is -0.137. The van der Waals surface area contributed by atoms with Crippen LogP contribution in [0.25, 0.3) is 0 Å². The molecule has 0 bridgehead atoms. The summed E-state index contributed by atoms with van der Waals surface area (Å²) in [5.41, 5.74) is 1.66. The van der Waals surface area contributed by atoms with Gasteiger partial charge in [-0.2, -0.15) is 5.10 Å². The summed E-state index contributed by atoms with van der Waals surface area (Å²) in [7, 11) is 0. The van der Waals surface area contributed by atoms with Gasteiger partial charge < -0.3 is 10.0 Å². The molecule has 8 heteroatoms. The molecule has 0 radical (unpaired) electrons. The average molecular weight is 348 g/mol. The number of likely N-dealkylation sites (tertiary alicyclic amines) is 1. The van der Waals surface area contributed by atoms with E-state index in [9.17, 15) is 9.59 Å². The number of rotatable bonds is 4. The van der Waals surface area contributed by atoms with Crippen molar-refractivity contribution in [1.29, 1.82) is 0 Å². The van der Waals surface area contributed by atoms with E-state index in [0.29, 0.717) is 11.4 Å². The number of piperidine rings is 1. The van der Waals surface area contributed by atoms with E-state index >= 15 is 0 Å². The van der Waals surface area contributed by atoms with E-state index in [1.165, 1.54) is 16.0 Å². The molecule has 1 unspecified atom stereocenters. The number of amides is 1. The van der Waals surface area contributed by atoms with Gasteiger partial charge in [0.2, 0.25) is 0 Å². The fourth-order valence-electron chi connectivity index (χ4n) is 3.23. The maximum absolute atomic E-state index is 12.8. The molecule has 2 aromatic rings. The van der Waals surface area contributed by atoms with Gasteiger partial charge in [0.05, 0.1) is 10.7 Å². The van der Waals surface area contributed by atoms with Crippen molar-refractivity contribution in [1.82, 2.24) is 19.7 Å². The summed E-state index contributed by atoms with van der Waals surface area (Å²) in [6.45, 7) is 4.91. The van der Waals surface area contributed by atoms with E-state index in [4.69, 9.17) is 5.11 Å². The van der Waals surface area contributed by atoms with Crippen molar-refractivity contribution in [3.8, 4) is 0 Å². The van der Waals surface area contributed by atoms with E-state index in [-0.39, 0.29) is 18.4 Å². The molecule has 1 aliphatic heterocycles. The largest absolute Gasteiger partial charge is 0.480 e. The number of nitrogens with zero attached hydrogens (tertiary/aromatic N) is 4. The maximum atomic E-state index is 12.8. The number of aryl methyl sites for hydroxylation is 2. The van der Waals surface area contributed by atoms with Crippen molar-refractivity contribution in [2.24, 2.45) is 0 Å². The van der Waals surface area contributed by atoms with Crippen LogP contribution in [0, 0.1) is 13.8 Å². The molecule has 3 heterocycles. The first-order chi connectivity index (χ1) is 11.5. The van der Waals surface area contributed by atoms with Crippen LogP contribution in [0.2, 0.25) is 0 Å². The normalized spacial score (nSPS) is 17.9. The first kappa shape index (κ1) is 16.6. The van der Waals surface area contributed by atoms with Gasteiger partial charge in [-0.05, 0) is 32.8 Å². The van der Waals surface area contributed by atoms with Gasteiger partial charge in [0.1, 0.15) is 11.4 Å². The predicted octanol–water partition coefficient (Wildman–Crippen LogP) is 2.06. The SMILES string of the molecule is Cc1nc(C)c(C(=O)N2CCCC(c3ccnn3CC(=O)O)C2)s1. The van der Waals surface area contributed by atoms with Crippen molar-refractivity contribution in [2.45, 2.75) is 39.2 Å². The maximum Gasteiger partial charge on any atom is 0.325 e. The molecule has 1 N–H and O–H groups in total. The van der Waals surface area contributed by atoms with Crippen molar-refractivity contribution in [3.05, 3.63) is 33.5 Å². The van der Waals surface area contributed by atoms with Crippen LogP contribution < -0.4 is 0 Å². The van der Waals surface area contributed by atoms with Crippen molar-refractivity contribution in [2.75, 3.05) is 13.1 Å². The molecule has 0 saturated carbocycles. The van der Waals surface area contributed by atoms with Crippen molar-refractivity contribution < 1.29 is 14.7 Å². The fraction of sp³-hybridized carbons (Fsp3) is 0.500. The molecule has 128 valence electrons. The van der Waals surface area contributed by atoms with Gasteiger partial charge in [0.15, 0.2) is 0 Å². The molecule has 7 nitrogen and oxygen atoms in total. The monoisotopic (exact) mass is 348 g/mol. The highest BCUT2D eigenvalue weighted by molar-refractivity contribution is 7.13. The molecule has 1 fully saturated rings. The summed E-state index contributed by atoms with van der Waals surface area (Å²) in [5.74, 6) is -0.787. The second-order valence-electron chi connectivity index (χ2n) is 6.05. The third kappa shape index (κ3) is 3.33. The minimum absolute atomic E-state index is 0.0205. The van der Waals surface area contributed by atoms with Crippen LogP contribution in [0.1, 0.15) is 44.8 Å². The van der Waals surface area contributed by atoms with Crippen LogP contribution in [0.5, 0.6) is 0 Å². The lowest BCUT2D eigenvalue weighted by Gasteiger charge is -2.32. The number of hydrogen-bond donors (Lipinski definition) is 1. The zero-order chi connectivity index (χ0) is 17.3. The zero-order valence-electron chi connectivity index (χ0n) is 13.7. The number of carbonyl (C=O) groups excluding carboxylic acids is 1. The molecule has 2 aromatic heterocycles. The van der Waals surface area contributed by atoms with Crippen molar-refractivity contribution >= 4 is 23.2 Å². The van der Waals surface area contributed by atoms with Gasteiger partial charge in [-0.3, -0.25) is 14.3 Å². The highest BCUT2D eigenvalue weighted by Crippen LogP contribution is 2.29. The minimum Gasteiger partial charge on any atom is -0.480 e. The molecule has 1 saturated heterocycles. The third-order valence-corrected chi connectivity index (χ3v) is 5.32. The van der Waals surface area contributed by atoms with E-state index in [1.54, 1.807) is 6.20 Å². The summed E-state index contributed by atoms with van der Waals surface area (Å²) < 4.78 is 1.52. The number of aliphatic carboxylic acids is 1. The Kier molecular flexibility index (Phi) is 4.66. The fourth-order valence-corrected chi connectivity index (χ4v) is 4.11. The lowest BCUT2D eigenvalue weighted by Crippen LogP contribution is -2.39. The highest BCUT2D eigenvalue weighted by Gasteiger charge is 2.29. The molecule has 0 spiro atoms. The Morgan fingerprint density at radius 2 is 2.21 bits per heavy atom. The molecule has 3 rings (SSSR count). The number of carboxylic acids is 1. The Hall–Kier alpha value is -2.22. The summed E-state index contributed by atoms with van der Waals surface area (Å²) in [6.07, 6.45) is 3.44. The zero-order valence-corrected chi connectivity index (χ0v) is 14.5. The Labute approximate surface area is 143 Å². The Morgan fingerprint density at radius 1 is 1.42 bits per heavy atom. The van der Waals surface area contributed by atoms with E-state index in [1.807, 2.05) is 24.8 Å². The Bertz CT molecular complexity index is 767. The van der Waals surface area contributed by atoms with Crippen LogP contribution in [-0.2, 0) is 11.3 Å². The standard InChI is InChI=1S/C16H20N4O3S/c1-10-15(24-11(2)18-10)16(23)19-7-3-4-12(8-19)13-5-6-17-20(13)9-14(21)22/h5-6,12H,3-4,7-9H2,1-2H3,(H,21,22). The van der Waals surface area contributed by atoms with Gasteiger partial charge >= 0.3 is 5.97 Å².